The fraction of sp³-hybridized carbons (Fsp3) is 0.500. The summed E-state index contributed by atoms with van der Waals surface area (Å²) in [5.74, 6) is 0.921. The van der Waals surface area contributed by atoms with Gasteiger partial charge in [-0.15, -0.1) is 0 Å². The van der Waals surface area contributed by atoms with E-state index in [1.165, 1.54) is 24.0 Å². The summed E-state index contributed by atoms with van der Waals surface area (Å²) in [6, 6.07) is 4.78. The Balaban J connectivity index is 2.37. The molecule has 1 aliphatic rings. The van der Waals surface area contributed by atoms with Crippen molar-refractivity contribution in [2.24, 2.45) is 0 Å². The number of rotatable bonds is 2. The molecule has 82 valence electrons. The Morgan fingerprint density at radius 1 is 1.47 bits per heavy atom. The van der Waals surface area contributed by atoms with Gasteiger partial charge < -0.3 is 10.1 Å². The van der Waals surface area contributed by atoms with Gasteiger partial charge in [0.2, 0.25) is 0 Å². The molecule has 0 spiro atoms. The minimum Gasteiger partial charge on any atom is -0.496 e. The van der Waals surface area contributed by atoms with E-state index in [9.17, 15) is 0 Å². The van der Waals surface area contributed by atoms with E-state index in [1.54, 1.807) is 7.11 Å². The quantitative estimate of drug-likeness (QED) is 0.891. The highest BCUT2D eigenvalue weighted by molar-refractivity contribution is 9.10. The molecular formula is C12H16BrNO. The van der Waals surface area contributed by atoms with E-state index >= 15 is 0 Å². The summed E-state index contributed by atoms with van der Waals surface area (Å²) in [6.07, 6.45) is 2.49. The van der Waals surface area contributed by atoms with E-state index < -0.39 is 0 Å². The largest absolute Gasteiger partial charge is 0.496 e. The average Bonchev–Trinajstić information content (AvgIpc) is 2.71. The van der Waals surface area contributed by atoms with Crippen LogP contribution in [0, 0.1) is 6.92 Å². The third kappa shape index (κ3) is 2.18. The molecule has 1 N–H and O–H groups in total. The number of methoxy groups -OCH3 is 1. The standard InChI is InChI=1S/C12H16BrNO/c1-8-6-10(13)12(15-2)7-9(8)11-4-3-5-14-11/h6-7,11,14H,3-5H2,1-2H3. The highest BCUT2D eigenvalue weighted by Crippen LogP contribution is 2.33. The third-order valence-electron chi connectivity index (χ3n) is 2.98. The number of hydrogen-bond donors (Lipinski definition) is 1. The van der Waals surface area contributed by atoms with Crippen molar-refractivity contribution in [1.82, 2.24) is 5.32 Å². The van der Waals surface area contributed by atoms with Crippen LogP contribution in [-0.4, -0.2) is 13.7 Å². The number of halogens is 1. The van der Waals surface area contributed by atoms with Gasteiger partial charge in [0.25, 0.3) is 0 Å². The fourth-order valence-corrected chi connectivity index (χ4v) is 2.77. The molecule has 1 heterocycles. The number of hydrogen-bond acceptors (Lipinski definition) is 2. The highest BCUT2D eigenvalue weighted by Gasteiger charge is 2.19. The smallest absolute Gasteiger partial charge is 0.133 e. The van der Waals surface area contributed by atoms with Crippen LogP contribution in [0.15, 0.2) is 16.6 Å². The van der Waals surface area contributed by atoms with Crippen LogP contribution in [0.3, 0.4) is 0 Å². The highest BCUT2D eigenvalue weighted by atomic mass is 79.9. The van der Waals surface area contributed by atoms with Gasteiger partial charge in [-0.25, -0.2) is 0 Å². The molecule has 0 bridgehead atoms. The number of benzene rings is 1. The summed E-state index contributed by atoms with van der Waals surface area (Å²) in [6.45, 7) is 3.28. The van der Waals surface area contributed by atoms with Crippen LogP contribution in [0.2, 0.25) is 0 Å². The molecule has 2 nitrogen and oxygen atoms in total. The van der Waals surface area contributed by atoms with Crippen LogP contribution in [0.1, 0.15) is 30.0 Å². The normalized spacial score (nSPS) is 20.6. The molecule has 1 aromatic carbocycles. The van der Waals surface area contributed by atoms with Crippen LogP contribution >= 0.6 is 15.9 Å². The maximum absolute atomic E-state index is 5.33. The van der Waals surface area contributed by atoms with E-state index in [2.05, 4.69) is 40.3 Å². The van der Waals surface area contributed by atoms with Crippen molar-refractivity contribution in [3.05, 3.63) is 27.7 Å². The molecule has 0 amide bonds. The fourth-order valence-electron chi connectivity index (χ4n) is 2.15. The predicted molar refractivity (Wildman–Crippen MR) is 65.4 cm³/mol. The molecular weight excluding hydrogens is 254 g/mol. The minimum atomic E-state index is 0.506. The summed E-state index contributed by atoms with van der Waals surface area (Å²) in [5.41, 5.74) is 2.69. The van der Waals surface area contributed by atoms with Crippen molar-refractivity contribution >= 4 is 15.9 Å². The van der Waals surface area contributed by atoms with Gasteiger partial charge in [-0.3, -0.25) is 0 Å². The van der Waals surface area contributed by atoms with E-state index in [1.807, 2.05) is 0 Å². The zero-order chi connectivity index (χ0) is 10.8. The van der Waals surface area contributed by atoms with Crippen molar-refractivity contribution in [2.75, 3.05) is 13.7 Å². The number of aryl methyl sites for hydroxylation is 1. The Morgan fingerprint density at radius 2 is 2.27 bits per heavy atom. The van der Waals surface area contributed by atoms with Crippen LogP contribution in [0.25, 0.3) is 0 Å². The molecule has 2 rings (SSSR count). The molecule has 0 radical (unpaired) electrons. The second kappa shape index (κ2) is 4.54. The first-order valence-electron chi connectivity index (χ1n) is 5.30. The van der Waals surface area contributed by atoms with Crippen molar-refractivity contribution < 1.29 is 4.74 Å². The van der Waals surface area contributed by atoms with E-state index in [-0.39, 0.29) is 0 Å². The first-order chi connectivity index (χ1) is 7.22. The molecule has 3 heteroatoms. The van der Waals surface area contributed by atoms with Gasteiger partial charge in [0.05, 0.1) is 11.6 Å². The average molecular weight is 270 g/mol. The topological polar surface area (TPSA) is 21.3 Å². The molecule has 0 saturated carbocycles. The number of nitrogens with one attached hydrogen (secondary N) is 1. The van der Waals surface area contributed by atoms with E-state index in [4.69, 9.17) is 4.74 Å². The molecule has 1 saturated heterocycles. The lowest BCUT2D eigenvalue weighted by atomic mass is 10.00. The second-order valence-corrected chi connectivity index (χ2v) is 4.85. The molecule has 0 aliphatic carbocycles. The third-order valence-corrected chi connectivity index (χ3v) is 3.60. The van der Waals surface area contributed by atoms with Gasteiger partial charge in [0, 0.05) is 6.04 Å². The SMILES string of the molecule is COc1cc(C2CCCN2)c(C)cc1Br. The molecule has 1 fully saturated rings. The molecule has 1 atom stereocenters. The van der Waals surface area contributed by atoms with Crippen LogP contribution in [0.5, 0.6) is 5.75 Å². The molecule has 1 aromatic rings. The lowest BCUT2D eigenvalue weighted by Gasteiger charge is -2.16. The summed E-state index contributed by atoms with van der Waals surface area (Å²) >= 11 is 3.50. The van der Waals surface area contributed by atoms with Gasteiger partial charge in [0.15, 0.2) is 0 Å². The molecule has 1 aliphatic heterocycles. The Kier molecular flexibility index (Phi) is 3.32. The lowest BCUT2D eigenvalue weighted by molar-refractivity contribution is 0.410. The minimum absolute atomic E-state index is 0.506. The van der Waals surface area contributed by atoms with Gasteiger partial charge in [0.1, 0.15) is 5.75 Å². The van der Waals surface area contributed by atoms with Crippen LogP contribution in [0.4, 0.5) is 0 Å². The summed E-state index contributed by atoms with van der Waals surface area (Å²) < 4.78 is 6.36. The zero-order valence-electron chi connectivity index (χ0n) is 9.14. The maximum Gasteiger partial charge on any atom is 0.133 e. The second-order valence-electron chi connectivity index (χ2n) is 3.99. The van der Waals surface area contributed by atoms with Gasteiger partial charge in [-0.1, -0.05) is 0 Å². The Morgan fingerprint density at radius 3 is 2.87 bits per heavy atom. The predicted octanol–water partition coefficient (Wildman–Crippen LogP) is 3.19. The van der Waals surface area contributed by atoms with Crippen LogP contribution in [-0.2, 0) is 0 Å². The van der Waals surface area contributed by atoms with Gasteiger partial charge in [-0.2, -0.15) is 0 Å². The molecule has 0 aromatic heterocycles. The van der Waals surface area contributed by atoms with Crippen molar-refractivity contribution in [1.29, 1.82) is 0 Å². The monoisotopic (exact) mass is 269 g/mol. The first kappa shape index (κ1) is 11.0. The van der Waals surface area contributed by atoms with Crippen molar-refractivity contribution in [3.63, 3.8) is 0 Å². The Bertz CT molecular complexity index is 359. The van der Waals surface area contributed by atoms with Crippen molar-refractivity contribution in [3.8, 4) is 5.75 Å². The Hall–Kier alpha value is -0.540. The van der Waals surface area contributed by atoms with Gasteiger partial charge in [-0.05, 0) is 65.5 Å². The summed E-state index contributed by atoms with van der Waals surface area (Å²) in [5, 5.41) is 3.51. The number of ether oxygens (including phenoxy) is 1. The Labute approximate surface area is 99.1 Å². The van der Waals surface area contributed by atoms with E-state index in [0.717, 1.165) is 16.8 Å². The summed E-state index contributed by atoms with van der Waals surface area (Å²) in [4.78, 5) is 0. The zero-order valence-corrected chi connectivity index (χ0v) is 10.7. The summed E-state index contributed by atoms with van der Waals surface area (Å²) in [7, 11) is 1.71. The van der Waals surface area contributed by atoms with Crippen molar-refractivity contribution in [2.45, 2.75) is 25.8 Å². The first-order valence-corrected chi connectivity index (χ1v) is 6.09. The van der Waals surface area contributed by atoms with Gasteiger partial charge >= 0.3 is 0 Å². The molecule has 15 heavy (non-hydrogen) atoms. The maximum atomic E-state index is 5.33. The lowest BCUT2D eigenvalue weighted by Crippen LogP contribution is -2.14. The molecule has 1 unspecified atom stereocenters. The van der Waals surface area contributed by atoms with Crippen LogP contribution < -0.4 is 10.1 Å². The van der Waals surface area contributed by atoms with E-state index in [0.29, 0.717) is 6.04 Å².